The fourth-order valence-electron chi connectivity index (χ4n) is 10.5. The van der Waals surface area contributed by atoms with E-state index in [0.717, 1.165) is 0 Å². The summed E-state index contributed by atoms with van der Waals surface area (Å²) in [6, 6.07) is 59.8. The number of fused-ring (bicyclic) bond motifs is 15. The summed E-state index contributed by atoms with van der Waals surface area (Å²) in [5.74, 6) is 0.752. The van der Waals surface area contributed by atoms with Crippen LogP contribution < -0.4 is 0 Å². The Bertz CT molecular complexity index is 2870. The fourth-order valence-corrected chi connectivity index (χ4v) is 10.5. The summed E-state index contributed by atoms with van der Waals surface area (Å²) in [6.45, 7) is 0. The maximum Gasteiger partial charge on any atom is 0.0726 e. The molecule has 8 aromatic carbocycles. The van der Waals surface area contributed by atoms with Crippen molar-refractivity contribution in [2.24, 2.45) is 0 Å². The van der Waals surface area contributed by atoms with Crippen molar-refractivity contribution >= 4 is 21.5 Å². The van der Waals surface area contributed by atoms with Crippen LogP contribution in [0.15, 0.2) is 182 Å². The Hall–Kier alpha value is -6.24. The Morgan fingerprint density at radius 2 is 0.941 bits per heavy atom. The molecule has 0 aromatic heterocycles. The van der Waals surface area contributed by atoms with Crippen molar-refractivity contribution in [3.05, 3.63) is 215 Å². The fraction of sp³-hybridized carbons (Fsp3) is 0.0588. The maximum absolute atomic E-state index is 2.62. The quantitative estimate of drug-likeness (QED) is 0.176. The molecule has 0 fully saturated rings. The Kier molecular flexibility index (Phi) is 5.37. The van der Waals surface area contributed by atoms with Crippen molar-refractivity contribution in [3.63, 3.8) is 0 Å². The molecular formula is C51H32. The van der Waals surface area contributed by atoms with Crippen LogP contribution in [0.5, 0.6) is 0 Å². The van der Waals surface area contributed by atoms with E-state index in [1.807, 2.05) is 0 Å². The summed E-state index contributed by atoms with van der Waals surface area (Å²) < 4.78 is 0. The molecule has 1 spiro atoms. The largest absolute Gasteiger partial charge is 0.0761 e. The molecule has 0 amide bonds. The van der Waals surface area contributed by atoms with Crippen molar-refractivity contribution in [2.45, 2.75) is 17.3 Å². The Morgan fingerprint density at radius 3 is 1.73 bits per heavy atom. The molecular weight excluding hydrogens is 613 g/mol. The summed E-state index contributed by atoms with van der Waals surface area (Å²) >= 11 is 0. The molecule has 0 saturated heterocycles. The summed E-state index contributed by atoms with van der Waals surface area (Å²) in [6.07, 6.45) is 9.32. The Morgan fingerprint density at radius 1 is 0.353 bits per heavy atom. The molecule has 0 radical (unpaired) electrons. The number of hydrogen-bond donors (Lipinski definition) is 0. The molecule has 8 aromatic rings. The minimum atomic E-state index is -0.416. The lowest BCUT2D eigenvalue weighted by molar-refractivity contribution is 0.758. The molecule has 4 aliphatic rings. The van der Waals surface area contributed by atoms with Crippen LogP contribution in [0, 0.1) is 0 Å². The molecule has 0 nitrogen and oxygen atoms in total. The van der Waals surface area contributed by atoms with Crippen molar-refractivity contribution in [1.82, 2.24) is 0 Å². The van der Waals surface area contributed by atoms with Crippen LogP contribution >= 0.6 is 0 Å². The van der Waals surface area contributed by atoms with Gasteiger partial charge in [-0.1, -0.05) is 176 Å². The van der Waals surface area contributed by atoms with Gasteiger partial charge in [0.2, 0.25) is 0 Å². The third kappa shape index (κ3) is 3.40. The first-order chi connectivity index (χ1) is 25.3. The van der Waals surface area contributed by atoms with E-state index < -0.39 is 5.41 Å². The smallest absolute Gasteiger partial charge is 0.0726 e. The van der Waals surface area contributed by atoms with Crippen molar-refractivity contribution in [3.8, 4) is 44.5 Å². The summed E-state index contributed by atoms with van der Waals surface area (Å²) in [5, 5.41) is 5.42. The molecule has 0 N–H and O–H groups in total. The van der Waals surface area contributed by atoms with Crippen LogP contribution in [-0.2, 0) is 5.41 Å². The van der Waals surface area contributed by atoms with Gasteiger partial charge in [-0.15, -0.1) is 0 Å². The molecule has 0 heteroatoms. The molecule has 4 aliphatic carbocycles. The van der Waals surface area contributed by atoms with E-state index in [1.165, 1.54) is 99.4 Å². The standard InChI is InChI=1S/C51H32/c1-2-13-31(14-3-1)33-27-28-34(36-16-5-4-15-35(33)36)32-25-26-40-39-19-8-10-23-45(39)51(47(40)29-32)46-24-11-9-20-42(46)50-43-22-12-21-41-37-17-6-7-18-38(37)44(49(41)43)30-48(50)51/h1-30,37-38H. The van der Waals surface area contributed by atoms with Crippen molar-refractivity contribution in [1.29, 1.82) is 0 Å². The monoisotopic (exact) mass is 644 g/mol. The number of hydrogen-bond acceptors (Lipinski definition) is 0. The van der Waals surface area contributed by atoms with Crippen molar-refractivity contribution in [2.75, 3.05) is 0 Å². The molecule has 3 unspecified atom stereocenters. The molecule has 3 atom stereocenters. The Balaban J connectivity index is 1.17. The summed E-state index contributed by atoms with van der Waals surface area (Å²) in [7, 11) is 0. The van der Waals surface area contributed by atoms with E-state index in [0.29, 0.717) is 11.8 Å². The first-order valence-corrected chi connectivity index (χ1v) is 18.2. The highest BCUT2D eigenvalue weighted by Crippen LogP contribution is 2.66. The third-order valence-corrected chi connectivity index (χ3v) is 12.4. The average Bonchev–Trinajstić information content (AvgIpc) is 3.80. The van der Waals surface area contributed by atoms with Crippen LogP contribution in [-0.4, -0.2) is 0 Å². The highest BCUT2D eigenvalue weighted by Gasteiger charge is 2.53. The summed E-state index contributed by atoms with van der Waals surface area (Å²) in [4.78, 5) is 0. The molecule has 0 aliphatic heterocycles. The molecule has 12 rings (SSSR count). The molecule has 236 valence electrons. The zero-order chi connectivity index (χ0) is 33.3. The van der Waals surface area contributed by atoms with E-state index >= 15 is 0 Å². The van der Waals surface area contributed by atoms with E-state index in [-0.39, 0.29) is 0 Å². The van der Waals surface area contributed by atoms with Crippen LogP contribution in [0.2, 0.25) is 0 Å². The SMILES string of the molecule is C1=CC2c3cccc4c5c(cc(c34)C2C=C1)C1(c2ccccc2-c2ccc(-c3ccc(-c4ccccc4)c4ccccc34)cc21)c1ccccc1-5. The van der Waals surface area contributed by atoms with E-state index in [1.54, 1.807) is 0 Å². The highest BCUT2D eigenvalue weighted by atomic mass is 14.5. The summed E-state index contributed by atoms with van der Waals surface area (Å²) in [5.41, 5.74) is 18.6. The second kappa shape index (κ2) is 9.93. The van der Waals surface area contributed by atoms with Gasteiger partial charge in [-0.05, 0) is 105 Å². The maximum atomic E-state index is 2.62. The van der Waals surface area contributed by atoms with Crippen LogP contribution in [0.3, 0.4) is 0 Å². The van der Waals surface area contributed by atoms with E-state index in [4.69, 9.17) is 0 Å². The molecule has 51 heavy (non-hydrogen) atoms. The van der Waals surface area contributed by atoms with Gasteiger partial charge < -0.3 is 0 Å². The molecule has 0 heterocycles. The van der Waals surface area contributed by atoms with Gasteiger partial charge >= 0.3 is 0 Å². The average molecular weight is 645 g/mol. The number of benzene rings is 8. The second-order valence-electron chi connectivity index (χ2n) is 14.7. The zero-order valence-electron chi connectivity index (χ0n) is 28.0. The Labute approximate surface area is 297 Å². The number of allylic oxidation sites excluding steroid dienone is 4. The number of rotatable bonds is 2. The van der Waals surface area contributed by atoms with Gasteiger partial charge in [0, 0.05) is 11.8 Å². The van der Waals surface area contributed by atoms with Crippen molar-refractivity contribution < 1.29 is 0 Å². The minimum Gasteiger partial charge on any atom is -0.0761 e. The lowest BCUT2D eigenvalue weighted by atomic mass is 9.69. The lowest BCUT2D eigenvalue weighted by Gasteiger charge is -2.31. The van der Waals surface area contributed by atoms with Gasteiger partial charge in [-0.3, -0.25) is 0 Å². The normalized spacial score (nSPS) is 19.7. The third-order valence-electron chi connectivity index (χ3n) is 12.4. The highest BCUT2D eigenvalue weighted by molar-refractivity contribution is 6.10. The van der Waals surface area contributed by atoms with Gasteiger partial charge in [0.05, 0.1) is 5.41 Å². The van der Waals surface area contributed by atoms with Gasteiger partial charge in [0.15, 0.2) is 0 Å². The minimum absolute atomic E-state index is 0.359. The first kappa shape index (κ1) is 27.6. The zero-order valence-corrected chi connectivity index (χ0v) is 28.0. The lowest BCUT2D eigenvalue weighted by Crippen LogP contribution is -2.26. The van der Waals surface area contributed by atoms with E-state index in [9.17, 15) is 0 Å². The van der Waals surface area contributed by atoms with Gasteiger partial charge in [-0.25, -0.2) is 0 Å². The van der Waals surface area contributed by atoms with Crippen LogP contribution in [0.25, 0.3) is 66.1 Å². The van der Waals surface area contributed by atoms with Gasteiger partial charge in [0.25, 0.3) is 0 Å². The molecule has 0 saturated carbocycles. The van der Waals surface area contributed by atoms with Crippen LogP contribution in [0.4, 0.5) is 0 Å². The van der Waals surface area contributed by atoms with Gasteiger partial charge in [-0.2, -0.15) is 0 Å². The first-order valence-electron chi connectivity index (χ1n) is 18.2. The van der Waals surface area contributed by atoms with Gasteiger partial charge in [0.1, 0.15) is 0 Å². The predicted molar refractivity (Wildman–Crippen MR) is 212 cm³/mol. The van der Waals surface area contributed by atoms with Crippen LogP contribution in [0.1, 0.15) is 45.2 Å². The predicted octanol–water partition coefficient (Wildman–Crippen LogP) is 13.0. The second-order valence-corrected chi connectivity index (χ2v) is 14.7. The topological polar surface area (TPSA) is 0 Å². The molecule has 0 bridgehead atoms. The van der Waals surface area contributed by atoms with E-state index in [2.05, 4.69) is 182 Å².